The summed E-state index contributed by atoms with van der Waals surface area (Å²) in [4.78, 5) is 0. The second-order valence-electron chi connectivity index (χ2n) is 3.98. The molecule has 2 nitrogen and oxygen atoms in total. The fourth-order valence-electron chi connectivity index (χ4n) is 1.64. The lowest BCUT2D eigenvalue weighted by Gasteiger charge is -2.09. The van der Waals surface area contributed by atoms with Gasteiger partial charge in [0, 0.05) is 22.8 Å². The summed E-state index contributed by atoms with van der Waals surface area (Å²) in [7, 11) is 1.61. The number of nitrogens with one attached hydrogen (secondary N) is 1. The maximum absolute atomic E-state index is 13.3. The zero-order valence-corrected chi connectivity index (χ0v) is 12.6. The van der Waals surface area contributed by atoms with E-state index in [4.69, 9.17) is 16.3 Å². The van der Waals surface area contributed by atoms with Gasteiger partial charge in [-0.2, -0.15) is 0 Å². The fraction of sp³-hybridized carbons (Fsp3) is 0.143. The first-order valence-corrected chi connectivity index (χ1v) is 6.78. The molecule has 19 heavy (non-hydrogen) atoms. The molecule has 0 amide bonds. The third-order valence-corrected chi connectivity index (χ3v) is 3.35. The van der Waals surface area contributed by atoms with Crippen molar-refractivity contribution in [3.05, 3.63) is 57.3 Å². The summed E-state index contributed by atoms with van der Waals surface area (Å²) >= 11 is 9.04. The van der Waals surface area contributed by atoms with Crippen LogP contribution in [0, 0.1) is 5.82 Å². The number of benzene rings is 2. The third-order valence-electron chi connectivity index (χ3n) is 2.59. The molecule has 0 saturated heterocycles. The smallest absolute Gasteiger partial charge is 0.142 e. The predicted octanol–water partition coefficient (Wildman–Crippen LogP) is 4.86. The van der Waals surface area contributed by atoms with Crippen LogP contribution in [0.4, 0.5) is 10.1 Å². The average Bonchev–Trinajstić information content (AvgIpc) is 2.39. The normalized spacial score (nSPS) is 10.3. The molecule has 0 heterocycles. The number of hydrogen-bond acceptors (Lipinski definition) is 2. The highest BCUT2D eigenvalue weighted by molar-refractivity contribution is 9.10. The lowest BCUT2D eigenvalue weighted by molar-refractivity contribution is 0.414. The monoisotopic (exact) mass is 343 g/mol. The van der Waals surface area contributed by atoms with Crippen LogP contribution in [-0.4, -0.2) is 7.11 Å². The van der Waals surface area contributed by atoms with Crippen molar-refractivity contribution in [2.75, 3.05) is 12.4 Å². The highest BCUT2D eigenvalue weighted by Crippen LogP contribution is 2.25. The summed E-state index contributed by atoms with van der Waals surface area (Å²) < 4.78 is 19.4. The number of halogens is 3. The molecule has 5 heteroatoms. The van der Waals surface area contributed by atoms with Gasteiger partial charge in [-0.15, -0.1) is 0 Å². The molecule has 2 rings (SSSR count). The van der Waals surface area contributed by atoms with Gasteiger partial charge in [0.2, 0.25) is 0 Å². The van der Waals surface area contributed by atoms with Crippen LogP contribution in [-0.2, 0) is 6.54 Å². The van der Waals surface area contributed by atoms with Crippen LogP contribution >= 0.6 is 27.5 Å². The number of anilines is 1. The first-order valence-electron chi connectivity index (χ1n) is 5.61. The summed E-state index contributed by atoms with van der Waals surface area (Å²) in [6.45, 7) is 0.508. The second-order valence-corrected chi connectivity index (χ2v) is 5.30. The SMILES string of the molecule is COc1cc(Br)cc(NCc2ccc(Cl)c(F)c2)c1. The van der Waals surface area contributed by atoms with Gasteiger partial charge in [-0.3, -0.25) is 0 Å². The van der Waals surface area contributed by atoms with Crippen molar-refractivity contribution in [1.29, 1.82) is 0 Å². The Balaban J connectivity index is 2.09. The van der Waals surface area contributed by atoms with Crippen LogP contribution in [0.2, 0.25) is 5.02 Å². The average molecular weight is 345 g/mol. The van der Waals surface area contributed by atoms with E-state index in [0.29, 0.717) is 6.54 Å². The lowest BCUT2D eigenvalue weighted by atomic mass is 10.2. The summed E-state index contributed by atoms with van der Waals surface area (Å²) in [5.41, 5.74) is 1.71. The third kappa shape index (κ3) is 3.85. The van der Waals surface area contributed by atoms with Crippen molar-refractivity contribution >= 4 is 33.2 Å². The van der Waals surface area contributed by atoms with E-state index in [1.807, 2.05) is 18.2 Å². The van der Waals surface area contributed by atoms with Gasteiger partial charge in [0.25, 0.3) is 0 Å². The molecule has 0 aliphatic heterocycles. The Morgan fingerprint density at radius 1 is 1.26 bits per heavy atom. The van der Waals surface area contributed by atoms with Crippen molar-refractivity contribution in [3.8, 4) is 5.75 Å². The van der Waals surface area contributed by atoms with E-state index in [1.54, 1.807) is 19.2 Å². The van der Waals surface area contributed by atoms with Crippen molar-refractivity contribution < 1.29 is 9.13 Å². The standard InChI is InChI=1S/C14H12BrClFNO/c1-19-12-6-10(15)5-11(7-12)18-8-9-2-3-13(16)14(17)4-9/h2-7,18H,8H2,1H3. The van der Waals surface area contributed by atoms with Crippen molar-refractivity contribution in [2.45, 2.75) is 6.54 Å². The molecule has 0 unspecified atom stereocenters. The summed E-state index contributed by atoms with van der Waals surface area (Å²) in [6.07, 6.45) is 0. The Morgan fingerprint density at radius 3 is 2.74 bits per heavy atom. The van der Waals surface area contributed by atoms with Crippen LogP contribution in [0.1, 0.15) is 5.56 Å². The molecule has 0 saturated carbocycles. The van der Waals surface area contributed by atoms with Crippen molar-refractivity contribution in [3.63, 3.8) is 0 Å². The summed E-state index contributed by atoms with van der Waals surface area (Å²) in [6, 6.07) is 10.4. The van der Waals surface area contributed by atoms with Gasteiger partial charge in [-0.05, 0) is 29.8 Å². The van der Waals surface area contributed by atoms with E-state index in [2.05, 4.69) is 21.2 Å². The molecule has 0 atom stereocenters. The van der Waals surface area contributed by atoms with Gasteiger partial charge in [0.1, 0.15) is 11.6 Å². The minimum absolute atomic E-state index is 0.132. The second kappa shape index (κ2) is 6.26. The Labute approximate surface area is 124 Å². The number of rotatable bonds is 4. The Hall–Kier alpha value is -1.26. The van der Waals surface area contributed by atoms with Crippen molar-refractivity contribution in [2.24, 2.45) is 0 Å². The predicted molar refractivity (Wildman–Crippen MR) is 79.4 cm³/mol. The molecule has 0 radical (unpaired) electrons. The summed E-state index contributed by atoms with van der Waals surface area (Å²) in [5, 5.41) is 3.34. The largest absolute Gasteiger partial charge is 0.497 e. The van der Waals surface area contributed by atoms with Crippen LogP contribution in [0.3, 0.4) is 0 Å². The van der Waals surface area contributed by atoms with E-state index in [9.17, 15) is 4.39 Å². The van der Waals surface area contributed by atoms with E-state index in [1.165, 1.54) is 6.07 Å². The van der Waals surface area contributed by atoms with Crippen LogP contribution < -0.4 is 10.1 Å². The lowest BCUT2D eigenvalue weighted by Crippen LogP contribution is -2.00. The molecule has 0 spiro atoms. The molecule has 1 N–H and O–H groups in total. The van der Waals surface area contributed by atoms with Crippen LogP contribution in [0.25, 0.3) is 0 Å². The molecule has 0 bridgehead atoms. The van der Waals surface area contributed by atoms with Gasteiger partial charge < -0.3 is 10.1 Å². The van der Waals surface area contributed by atoms with E-state index >= 15 is 0 Å². The van der Waals surface area contributed by atoms with Gasteiger partial charge in [-0.1, -0.05) is 33.6 Å². The number of hydrogen-bond donors (Lipinski definition) is 1. The molecule has 0 aromatic heterocycles. The first kappa shape index (κ1) is 14.2. The molecule has 2 aromatic carbocycles. The zero-order valence-electron chi connectivity index (χ0n) is 10.2. The van der Waals surface area contributed by atoms with E-state index < -0.39 is 5.82 Å². The topological polar surface area (TPSA) is 21.3 Å². The molecule has 0 fully saturated rings. The van der Waals surface area contributed by atoms with E-state index in [0.717, 1.165) is 21.5 Å². The van der Waals surface area contributed by atoms with Gasteiger partial charge in [0.05, 0.1) is 12.1 Å². The van der Waals surface area contributed by atoms with Gasteiger partial charge in [0.15, 0.2) is 0 Å². The van der Waals surface area contributed by atoms with Crippen molar-refractivity contribution in [1.82, 2.24) is 0 Å². The Bertz CT molecular complexity index is 592. The minimum Gasteiger partial charge on any atom is -0.497 e. The fourth-order valence-corrected chi connectivity index (χ4v) is 2.23. The molecule has 2 aromatic rings. The zero-order chi connectivity index (χ0) is 13.8. The Morgan fingerprint density at radius 2 is 2.05 bits per heavy atom. The molecular weight excluding hydrogens is 333 g/mol. The highest BCUT2D eigenvalue weighted by atomic mass is 79.9. The maximum atomic E-state index is 13.3. The number of ether oxygens (including phenoxy) is 1. The van der Waals surface area contributed by atoms with E-state index in [-0.39, 0.29) is 5.02 Å². The number of methoxy groups -OCH3 is 1. The van der Waals surface area contributed by atoms with Gasteiger partial charge in [-0.25, -0.2) is 4.39 Å². The van der Waals surface area contributed by atoms with Gasteiger partial charge >= 0.3 is 0 Å². The molecule has 0 aliphatic rings. The Kier molecular flexibility index (Phi) is 4.66. The van der Waals surface area contributed by atoms with Crippen LogP contribution in [0.15, 0.2) is 40.9 Å². The maximum Gasteiger partial charge on any atom is 0.142 e. The highest BCUT2D eigenvalue weighted by Gasteiger charge is 2.03. The minimum atomic E-state index is -0.409. The molecular formula is C14H12BrClFNO. The summed E-state index contributed by atoms with van der Waals surface area (Å²) in [5.74, 6) is 0.340. The van der Waals surface area contributed by atoms with Crippen LogP contribution in [0.5, 0.6) is 5.75 Å². The first-order chi connectivity index (χ1) is 9.08. The molecule has 100 valence electrons. The molecule has 0 aliphatic carbocycles. The quantitative estimate of drug-likeness (QED) is 0.855.